The maximum absolute atomic E-state index is 5.03. The first-order valence-corrected chi connectivity index (χ1v) is 4.06. The molecule has 0 atom stereocenters. The highest BCUT2D eigenvalue weighted by Crippen LogP contribution is 2.16. The van der Waals surface area contributed by atoms with Gasteiger partial charge in [-0.15, -0.1) is 0 Å². The van der Waals surface area contributed by atoms with Gasteiger partial charge in [-0.1, -0.05) is 18.2 Å². The third-order valence-electron chi connectivity index (χ3n) is 1.97. The van der Waals surface area contributed by atoms with Crippen LogP contribution in [0, 0.1) is 0 Å². The molecule has 3 nitrogen and oxygen atoms in total. The lowest BCUT2D eigenvalue weighted by Crippen LogP contribution is -1.99. The van der Waals surface area contributed by atoms with E-state index in [1.54, 1.807) is 6.20 Å². The molecule has 0 unspecified atom stereocenters. The molecule has 1 heterocycles. The van der Waals surface area contributed by atoms with Crippen LogP contribution in [0.3, 0.4) is 0 Å². The van der Waals surface area contributed by atoms with Crippen LogP contribution in [0.1, 0.15) is 5.56 Å². The first kappa shape index (κ1) is 8.16. The highest BCUT2D eigenvalue weighted by atomic mass is 16.6. The summed E-state index contributed by atoms with van der Waals surface area (Å²) in [6.07, 6.45) is 1.77. The molecule has 0 amide bonds. The van der Waals surface area contributed by atoms with E-state index in [0.717, 1.165) is 16.5 Å². The van der Waals surface area contributed by atoms with Gasteiger partial charge in [0, 0.05) is 11.6 Å². The zero-order valence-electron chi connectivity index (χ0n) is 7.10. The molecule has 2 aromatic rings. The van der Waals surface area contributed by atoms with Gasteiger partial charge in [-0.05, 0) is 17.7 Å². The quantitative estimate of drug-likeness (QED) is 0.704. The van der Waals surface area contributed by atoms with Crippen LogP contribution in [-0.2, 0) is 11.4 Å². The second-order valence-electron chi connectivity index (χ2n) is 2.80. The molecule has 0 fully saturated rings. The van der Waals surface area contributed by atoms with Gasteiger partial charge in [0.1, 0.15) is 0 Å². The number of hydrogen-bond donors (Lipinski definition) is 1. The van der Waals surface area contributed by atoms with Crippen LogP contribution in [0.4, 0.5) is 0 Å². The zero-order valence-corrected chi connectivity index (χ0v) is 7.10. The summed E-state index contributed by atoms with van der Waals surface area (Å²) in [6.45, 7) is 0.420. The Morgan fingerprint density at radius 3 is 3.00 bits per heavy atom. The molecular weight excluding hydrogens is 164 g/mol. The maximum Gasteiger partial charge on any atom is 0.0936 e. The number of benzene rings is 1. The fraction of sp³-hybridized carbons (Fsp3) is 0.100. The number of rotatable bonds is 2. The average Bonchev–Trinajstić information content (AvgIpc) is 2.19. The van der Waals surface area contributed by atoms with Crippen molar-refractivity contribution in [2.75, 3.05) is 0 Å². The molecule has 0 saturated carbocycles. The lowest BCUT2D eigenvalue weighted by Gasteiger charge is -2.03. The summed E-state index contributed by atoms with van der Waals surface area (Å²) in [4.78, 5) is 8.84. The predicted molar refractivity (Wildman–Crippen MR) is 50.7 cm³/mol. The highest BCUT2D eigenvalue weighted by molar-refractivity contribution is 5.81. The minimum absolute atomic E-state index is 0.420. The van der Waals surface area contributed by atoms with E-state index >= 15 is 0 Å². The molecule has 1 aromatic heterocycles. The molecular formula is C10H10N2O. The smallest absolute Gasteiger partial charge is 0.0936 e. The monoisotopic (exact) mass is 174 g/mol. The van der Waals surface area contributed by atoms with Crippen LogP contribution in [0.25, 0.3) is 10.9 Å². The third kappa shape index (κ3) is 1.52. The van der Waals surface area contributed by atoms with Gasteiger partial charge in [0.2, 0.25) is 0 Å². The van der Waals surface area contributed by atoms with E-state index in [0.29, 0.717) is 6.61 Å². The average molecular weight is 174 g/mol. The van der Waals surface area contributed by atoms with E-state index in [-0.39, 0.29) is 0 Å². The Balaban J connectivity index is 2.61. The minimum atomic E-state index is 0.420. The van der Waals surface area contributed by atoms with Gasteiger partial charge >= 0.3 is 0 Å². The first-order valence-electron chi connectivity index (χ1n) is 4.06. The second kappa shape index (κ2) is 3.51. The summed E-state index contributed by atoms with van der Waals surface area (Å²) in [5.41, 5.74) is 2.03. The summed E-state index contributed by atoms with van der Waals surface area (Å²) >= 11 is 0. The van der Waals surface area contributed by atoms with Crippen molar-refractivity contribution in [3.63, 3.8) is 0 Å². The number of fused-ring (bicyclic) bond motifs is 1. The molecule has 66 valence electrons. The number of hydrogen-bond acceptors (Lipinski definition) is 3. The van der Waals surface area contributed by atoms with Crippen LogP contribution in [0.2, 0.25) is 0 Å². The predicted octanol–water partition coefficient (Wildman–Crippen LogP) is 1.63. The molecule has 1 aromatic carbocycles. The molecule has 13 heavy (non-hydrogen) atoms. The number of pyridine rings is 1. The Bertz CT molecular complexity index is 409. The molecule has 2 N–H and O–H groups in total. The zero-order chi connectivity index (χ0) is 9.10. The Morgan fingerprint density at radius 1 is 1.23 bits per heavy atom. The number of nitrogens with zero attached hydrogens (tertiary/aromatic N) is 1. The SMILES string of the molecule is NOCc1cccc2ncccc12. The topological polar surface area (TPSA) is 48.1 Å². The fourth-order valence-electron chi connectivity index (χ4n) is 1.38. The van der Waals surface area contributed by atoms with Crippen LogP contribution in [-0.4, -0.2) is 4.98 Å². The molecule has 0 saturated heterocycles. The summed E-state index contributed by atoms with van der Waals surface area (Å²) in [5, 5.41) is 1.09. The second-order valence-corrected chi connectivity index (χ2v) is 2.80. The largest absolute Gasteiger partial charge is 0.300 e. The molecule has 0 aliphatic rings. The summed E-state index contributed by atoms with van der Waals surface area (Å²) in [5.74, 6) is 5.03. The van der Waals surface area contributed by atoms with Gasteiger partial charge in [0.15, 0.2) is 0 Å². The normalized spacial score (nSPS) is 10.5. The minimum Gasteiger partial charge on any atom is -0.300 e. The molecule has 0 aliphatic carbocycles. The van der Waals surface area contributed by atoms with E-state index in [1.165, 1.54) is 0 Å². The fourth-order valence-corrected chi connectivity index (χ4v) is 1.38. The summed E-state index contributed by atoms with van der Waals surface area (Å²) < 4.78 is 0. The van der Waals surface area contributed by atoms with Crippen LogP contribution >= 0.6 is 0 Å². The first-order chi connectivity index (χ1) is 6.42. The van der Waals surface area contributed by atoms with Gasteiger partial charge in [-0.25, -0.2) is 5.90 Å². The number of nitrogens with two attached hydrogens (primary N) is 1. The van der Waals surface area contributed by atoms with Crippen molar-refractivity contribution in [2.24, 2.45) is 5.90 Å². The van der Waals surface area contributed by atoms with E-state index in [4.69, 9.17) is 5.90 Å². The summed E-state index contributed by atoms with van der Waals surface area (Å²) in [7, 11) is 0. The van der Waals surface area contributed by atoms with Gasteiger partial charge < -0.3 is 0 Å². The van der Waals surface area contributed by atoms with Gasteiger partial charge in [0.05, 0.1) is 12.1 Å². The van der Waals surface area contributed by atoms with Gasteiger partial charge in [-0.2, -0.15) is 0 Å². The lowest BCUT2D eigenvalue weighted by molar-refractivity contribution is 0.125. The van der Waals surface area contributed by atoms with Crippen molar-refractivity contribution in [1.82, 2.24) is 4.98 Å². The standard InChI is InChI=1S/C10H10N2O/c11-13-7-8-3-1-5-10-9(8)4-2-6-12-10/h1-6H,7,11H2. The Hall–Kier alpha value is -1.45. The van der Waals surface area contributed by atoms with Crippen molar-refractivity contribution >= 4 is 10.9 Å². The molecule has 0 spiro atoms. The van der Waals surface area contributed by atoms with E-state index in [2.05, 4.69) is 9.82 Å². The van der Waals surface area contributed by atoms with Crippen LogP contribution < -0.4 is 5.90 Å². The van der Waals surface area contributed by atoms with E-state index in [9.17, 15) is 0 Å². The number of aromatic nitrogens is 1. The maximum atomic E-state index is 5.03. The van der Waals surface area contributed by atoms with Crippen LogP contribution in [0.5, 0.6) is 0 Å². The molecule has 2 rings (SSSR count). The molecule has 0 aliphatic heterocycles. The Morgan fingerprint density at radius 2 is 2.15 bits per heavy atom. The van der Waals surface area contributed by atoms with E-state index < -0.39 is 0 Å². The van der Waals surface area contributed by atoms with Crippen molar-refractivity contribution in [3.8, 4) is 0 Å². The van der Waals surface area contributed by atoms with E-state index in [1.807, 2.05) is 30.3 Å². The van der Waals surface area contributed by atoms with Crippen molar-refractivity contribution in [2.45, 2.75) is 6.61 Å². The van der Waals surface area contributed by atoms with Crippen molar-refractivity contribution in [1.29, 1.82) is 0 Å². The third-order valence-corrected chi connectivity index (χ3v) is 1.97. The summed E-state index contributed by atoms with van der Waals surface area (Å²) in [6, 6.07) is 9.81. The van der Waals surface area contributed by atoms with Gasteiger partial charge in [0.25, 0.3) is 0 Å². The van der Waals surface area contributed by atoms with Crippen molar-refractivity contribution in [3.05, 3.63) is 42.1 Å². The molecule has 0 bridgehead atoms. The molecule has 3 heteroatoms. The lowest BCUT2D eigenvalue weighted by atomic mass is 10.1. The highest BCUT2D eigenvalue weighted by Gasteiger charge is 1.99. The Labute approximate surface area is 76.1 Å². The Kier molecular flexibility index (Phi) is 2.21. The van der Waals surface area contributed by atoms with Crippen LogP contribution in [0.15, 0.2) is 36.5 Å². The van der Waals surface area contributed by atoms with Crippen molar-refractivity contribution < 1.29 is 4.84 Å². The molecule has 0 radical (unpaired) electrons. The van der Waals surface area contributed by atoms with Gasteiger partial charge in [-0.3, -0.25) is 9.82 Å².